The van der Waals surface area contributed by atoms with E-state index in [2.05, 4.69) is 32.5 Å². The van der Waals surface area contributed by atoms with Gasteiger partial charge >= 0.3 is 0 Å². The van der Waals surface area contributed by atoms with Crippen LogP contribution in [-0.2, 0) is 16.6 Å². The molecule has 0 spiro atoms. The van der Waals surface area contributed by atoms with Crippen LogP contribution in [0.5, 0.6) is 0 Å². The topological polar surface area (TPSA) is 82.6 Å². The molecule has 1 aromatic rings. The normalized spacial score (nSPS) is 15.3. The van der Waals surface area contributed by atoms with Crippen LogP contribution in [0.1, 0.15) is 18.4 Å². The predicted octanol–water partition coefficient (Wildman–Crippen LogP) is 1.60. The first-order valence-electron chi connectivity index (χ1n) is 7.20. The zero-order valence-corrected chi connectivity index (χ0v) is 16.4. The van der Waals surface area contributed by atoms with Gasteiger partial charge in [-0.15, -0.1) is 24.0 Å². The number of nitrogens with one attached hydrogen (secondary N) is 3. The minimum atomic E-state index is -3.38. The van der Waals surface area contributed by atoms with E-state index in [-0.39, 0.29) is 28.9 Å². The van der Waals surface area contributed by atoms with Gasteiger partial charge in [-0.2, -0.15) is 0 Å². The van der Waals surface area contributed by atoms with E-state index in [1.54, 1.807) is 31.3 Å². The molecule has 8 heteroatoms. The van der Waals surface area contributed by atoms with Gasteiger partial charge in [0.15, 0.2) is 5.96 Å². The third-order valence-electron chi connectivity index (χ3n) is 3.53. The number of aliphatic imine (C=N–C) groups is 1. The van der Waals surface area contributed by atoms with Gasteiger partial charge in [-0.1, -0.05) is 24.3 Å². The molecule has 23 heavy (non-hydrogen) atoms. The average Bonchev–Trinajstić information content (AvgIpc) is 3.04. The summed E-state index contributed by atoms with van der Waals surface area (Å²) in [5, 5.41) is 6.58. The van der Waals surface area contributed by atoms with Crippen LogP contribution in [0.4, 0.5) is 0 Å². The SMILES string of the molecule is CN=C(NCc1ccc(S(=O)(=O)NC)cc1)NC1CC=CC1.I. The molecule has 3 N–H and O–H groups in total. The van der Waals surface area contributed by atoms with Crippen molar-refractivity contribution in [3.05, 3.63) is 42.0 Å². The molecule has 0 aromatic heterocycles. The molecule has 0 saturated carbocycles. The number of halogens is 1. The van der Waals surface area contributed by atoms with Gasteiger partial charge in [-0.25, -0.2) is 13.1 Å². The molecule has 0 atom stereocenters. The van der Waals surface area contributed by atoms with E-state index < -0.39 is 10.0 Å². The van der Waals surface area contributed by atoms with E-state index in [4.69, 9.17) is 0 Å². The molecule has 0 bridgehead atoms. The quantitative estimate of drug-likeness (QED) is 0.276. The second-order valence-corrected chi connectivity index (χ2v) is 6.95. The first-order valence-corrected chi connectivity index (χ1v) is 8.68. The Balaban J connectivity index is 0.00000264. The van der Waals surface area contributed by atoms with Crippen molar-refractivity contribution < 1.29 is 8.42 Å². The zero-order chi connectivity index (χ0) is 16.0. The summed E-state index contributed by atoms with van der Waals surface area (Å²) in [6.07, 6.45) is 6.34. The summed E-state index contributed by atoms with van der Waals surface area (Å²) in [5.74, 6) is 0.751. The van der Waals surface area contributed by atoms with Gasteiger partial charge in [-0.3, -0.25) is 4.99 Å². The van der Waals surface area contributed by atoms with Crippen LogP contribution >= 0.6 is 24.0 Å². The van der Waals surface area contributed by atoms with Crippen molar-refractivity contribution in [1.29, 1.82) is 0 Å². The maximum Gasteiger partial charge on any atom is 0.240 e. The first-order chi connectivity index (χ1) is 10.5. The summed E-state index contributed by atoms with van der Waals surface area (Å²) in [5.41, 5.74) is 0.988. The summed E-state index contributed by atoms with van der Waals surface area (Å²) >= 11 is 0. The van der Waals surface area contributed by atoms with E-state index in [0.717, 1.165) is 24.4 Å². The molecular weight excluding hydrogens is 427 g/mol. The fourth-order valence-corrected chi connectivity index (χ4v) is 2.94. The smallest absolute Gasteiger partial charge is 0.240 e. The molecule has 0 amide bonds. The van der Waals surface area contributed by atoms with Gasteiger partial charge in [0.05, 0.1) is 4.90 Å². The molecule has 1 aromatic carbocycles. The Kier molecular flexibility index (Phi) is 8.00. The Morgan fingerprint density at radius 2 is 1.83 bits per heavy atom. The Labute approximate surface area is 154 Å². The van der Waals surface area contributed by atoms with Gasteiger partial charge < -0.3 is 10.6 Å². The lowest BCUT2D eigenvalue weighted by Crippen LogP contribution is -2.42. The Hall–Kier alpha value is -1.13. The number of sulfonamides is 1. The second-order valence-electron chi connectivity index (χ2n) is 5.06. The molecule has 0 radical (unpaired) electrons. The van der Waals surface area contributed by atoms with Crippen molar-refractivity contribution in [2.24, 2.45) is 4.99 Å². The molecule has 1 aliphatic rings. The zero-order valence-electron chi connectivity index (χ0n) is 13.2. The van der Waals surface area contributed by atoms with Gasteiger partial charge in [0.25, 0.3) is 0 Å². The maximum atomic E-state index is 11.7. The second kappa shape index (κ2) is 9.24. The summed E-state index contributed by atoms with van der Waals surface area (Å²) in [6.45, 7) is 0.583. The number of hydrogen-bond donors (Lipinski definition) is 3. The van der Waals surface area contributed by atoms with Crippen molar-refractivity contribution >= 4 is 40.0 Å². The number of guanidine groups is 1. The molecule has 0 aliphatic heterocycles. The molecule has 1 aliphatic carbocycles. The highest BCUT2D eigenvalue weighted by molar-refractivity contribution is 14.0. The largest absolute Gasteiger partial charge is 0.353 e. The van der Waals surface area contributed by atoms with Gasteiger partial charge in [0, 0.05) is 19.6 Å². The molecule has 6 nitrogen and oxygen atoms in total. The highest BCUT2D eigenvalue weighted by atomic mass is 127. The number of rotatable bonds is 5. The molecule has 128 valence electrons. The van der Waals surface area contributed by atoms with E-state index in [1.807, 2.05) is 0 Å². The van der Waals surface area contributed by atoms with Crippen molar-refractivity contribution in [2.75, 3.05) is 14.1 Å². The minimum Gasteiger partial charge on any atom is -0.353 e. The molecule has 0 fully saturated rings. The summed E-state index contributed by atoms with van der Waals surface area (Å²) < 4.78 is 25.6. The summed E-state index contributed by atoms with van der Waals surface area (Å²) in [7, 11) is -0.243. The maximum absolute atomic E-state index is 11.7. The Morgan fingerprint density at radius 3 is 2.35 bits per heavy atom. The number of hydrogen-bond acceptors (Lipinski definition) is 3. The van der Waals surface area contributed by atoms with Crippen molar-refractivity contribution in [1.82, 2.24) is 15.4 Å². The summed E-state index contributed by atoms with van der Waals surface area (Å²) in [4.78, 5) is 4.46. The van der Waals surface area contributed by atoms with Crippen LogP contribution in [0.25, 0.3) is 0 Å². The molecule has 2 rings (SSSR count). The lowest BCUT2D eigenvalue weighted by molar-refractivity contribution is 0.588. The highest BCUT2D eigenvalue weighted by Gasteiger charge is 2.12. The van der Waals surface area contributed by atoms with Crippen molar-refractivity contribution in [2.45, 2.75) is 30.3 Å². The van der Waals surface area contributed by atoms with Gasteiger partial charge in [0.1, 0.15) is 0 Å². The lowest BCUT2D eigenvalue weighted by atomic mass is 10.2. The number of nitrogens with zero attached hydrogens (tertiary/aromatic N) is 1. The standard InChI is InChI=1S/C15H22N4O2S.HI/c1-16-15(19-13-5-3-4-6-13)18-11-12-7-9-14(10-8-12)22(20,21)17-2;/h3-4,7-10,13,17H,5-6,11H2,1-2H3,(H2,16,18,19);1H. The fraction of sp³-hybridized carbons (Fsp3) is 0.400. The van der Waals surface area contributed by atoms with E-state index in [1.165, 1.54) is 7.05 Å². The van der Waals surface area contributed by atoms with Crippen LogP contribution in [-0.4, -0.2) is 34.5 Å². The predicted molar refractivity (Wildman–Crippen MR) is 104 cm³/mol. The fourth-order valence-electron chi connectivity index (χ4n) is 2.21. The average molecular weight is 450 g/mol. The summed E-state index contributed by atoms with van der Waals surface area (Å²) in [6, 6.07) is 7.18. The van der Waals surface area contributed by atoms with Crippen LogP contribution in [0.2, 0.25) is 0 Å². The number of benzene rings is 1. The minimum absolute atomic E-state index is 0. The third kappa shape index (κ3) is 5.78. The van der Waals surface area contributed by atoms with Gasteiger partial charge in [0.2, 0.25) is 10.0 Å². The Bertz CT molecular complexity index is 649. The Morgan fingerprint density at radius 1 is 1.22 bits per heavy atom. The van der Waals surface area contributed by atoms with E-state index >= 15 is 0 Å². The molecule has 0 saturated heterocycles. The highest BCUT2D eigenvalue weighted by Crippen LogP contribution is 2.10. The molecular formula is C15H23IN4O2S. The van der Waals surface area contributed by atoms with Crippen molar-refractivity contribution in [3.8, 4) is 0 Å². The van der Waals surface area contributed by atoms with Gasteiger partial charge in [-0.05, 0) is 37.6 Å². The van der Waals surface area contributed by atoms with Crippen LogP contribution in [0.3, 0.4) is 0 Å². The van der Waals surface area contributed by atoms with Crippen molar-refractivity contribution in [3.63, 3.8) is 0 Å². The lowest BCUT2D eigenvalue weighted by Gasteiger charge is -2.17. The monoisotopic (exact) mass is 450 g/mol. The van der Waals surface area contributed by atoms with E-state index in [0.29, 0.717) is 12.6 Å². The van der Waals surface area contributed by atoms with Crippen LogP contribution < -0.4 is 15.4 Å². The van der Waals surface area contributed by atoms with E-state index in [9.17, 15) is 8.42 Å². The third-order valence-corrected chi connectivity index (χ3v) is 4.96. The first kappa shape index (κ1) is 19.9. The molecule has 0 unspecified atom stereocenters. The van der Waals surface area contributed by atoms with Crippen LogP contribution in [0.15, 0.2) is 46.3 Å². The molecule has 0 heterocycles. The van der Waals surface area contributed by atoms with Crippen LogP contribution in [0, 0.1) is 0 Å².